The molecule has 1 heterocycles. The Kier molecular flexibility index (Phi) is 6.45. The smallest absolute Gasteiger partial charge is 0.272 e. The highest BCUT2D eigenvalue weighted by Gasteiger charge is 2.21. The number of benzene rings is 2. The number of amides is 1. The highest BCUT2D eigenvalue weighted by atomic mass is 35.5. The van der Waals surface area contributed by atoms with Gasteiger partial charge < -0.3 is 19.8 Å². The summed E-state index contributed by atoms with van der Waals surface area (Å²) in [6.45, 7) is 0. The van der Waals surface area contributed by atoms with Gasteiger partial charge in [0, 0.05) is 11.4 Å². The van der Waals surface area contributed by atoms with E-state index in [1.807, 2.05) is 0 Å². The fraction of sp³-hybridized carbons (Fsp3) is 0.105. The number of hydrogen-bond acceptors (Lipinski definition) is 5. The van der Waals surface area contributed by atoms with Crippen molar-refractivity contribution in [3.05, 3.63) is 64.4 Å². The Balaban J connectivity index is 1.88. The Morgan fingerprint density at radius 3 is 2.20 bits per heavy atom. The monoisotopic (exact) mass is 469 g/mol. The lowest BCUT2D eigenvalue weighted by molar-refractivity contribution is 0.102. The maximum Gasteiger partial charge on any atom is 0.272 e. The molecule has 3 N–H and O–H groups in total. The number of carbonyl (C=O) groups excluding carboxylic acids is 1. The minimum Gasteiger partial charge on any atom is -0.497 e. The molecule has 0 saturated carbocycles. The van der Waals surface area contributed by atoms with Crippen LogP contribution in [0.1, 0.15) is 10.5 Å². The standard InChI is InChI=1S/C19H17Cl2N3O5S/c1-28-13-6-3-11(4-7-13)24-30(26,27)17-9-12(5-8-16(17)29-2)22-19(25)15-10-14(20)18(21)23-15/h3-10,23-24H,1-2H3,(H,22,25). The average molecular weight is 470 g/mol. The number of methoxy groups -OCH3 is 2. The van der Waals surface area contributed by atoms with Crippen molar-refractivity contribution in [2.24, 2.45) is 0 Å². The van der Waals surface area contributed by atoms with Crippen LogP contribution < -0.4 is 19.5 Å². The predicted molar refractivity (Wildman–Crippen MR) is 116 cm³/mol. The number of sulfonamides is 1. The van der Waals surface area contributed by atoms with Gasteiger partial charge in [-0.3, -0.25) is 9.52 Å². The van der Waals surface area contributed by atoms with Gasteiger partial charge in [0.15, 0.2) is 0 Å². The van der Waals surface area contributed by atoms with E-state index in [1.165, 1.54) is 38.5 Å². The van der Waals surface area contributed by atoms with Gasteiger partial charge in [0.1, 0.15) is 27.2 Å². The van der Waals surface area contributed by atoms with Gasteiger partial charge >= 0.3 is 0 Å². The van der Waals surface area contributed by atoms with Crippen LogP contribution in [0.5, 0.6) is 11.5 Å². The summed E-state index contributed by atoms with van der Waals surface area (Å²) in [7, 11) is -1.16. The summed E-state index contributed by atoms with van der Waals surface area (Å²) in [5.41, 5.74) is 0.697. The molecular weight excluding hydrogens is 453 g/mol. The van der Waals surface area contributed by atoms with Gasteiger partial charge in [0.2, 0.25) is 0 Å². The Hall–Kier alpha value is -2.88. The topological polar surface area (TPSA) is 110 Å². The normalized spacial score (nSPS) is 11.1. The van der Waals surface area contributed by atoms with E-state index in [0.29, 0.717) is 11.4 Å². The number of aromatic nitrogens is 1. The summed E-state index contributed by atoms with van der Waals surface area (Å²) < 4.78 is 38.5. The number of ether oxygens (including phenoxy) is 2. The van der Waals surface area contributed by atoms with Gasteiger partial charge in [-0.1, -0.05) is 23.2 Å². The summed E-state index contributed by atoms with van der Waals surface area (Å²) in [6.07, 6.45) is 0. The minimum absolute atomic E-state index is 0.111. The van der Waals surface area contributed by atoms with E-state index in [-0.39, 0.29) is 32.2 Å². The van der Waals surface area contributed by atoms with Crippen LogP contribution in [0.4, 0.5) is 11.4 Å². The number of halogens is 2. The van der Waals surface area contributed by atoms with E-state index >= 15 is 0 Å². The first kappa shape index (κ1) is 21.8. The van der Waals surface area contributed by atoms with Crippen LogP contribution in [0.3, 0.4) is 0 Å². The average Bonchev–Trinajstić information content (AvgIpc) is 3.07. The molecule has 0 fully saturated rings. The first-order chi connectivity index (χ1) is 14.2. The van der Waals surface area contributed by atoms with Crippen LogP contribution in [-0.4, -0.2) is 33.5 Å². The lowest BCUT2D eigenvalue weighted by Crippen LogP contribution is -2.16. The third kappa shape index (κ3) is 4.81. The van der Waals surface area contributed by atoms with Crippen LogP contribution >= 0.6 is 23.2 Å². The number of rotatable bonds is 7. The zero-order valence-electron chi connectivity index (χ0n) is 15.8. The number of aromatic amines is 1. The molecule has 3 rings (SSSR count). The van der Waals surface area contributed by atoms with Crippen molar-refractivity contribution in [1.29, 1.82) is 0 Å². The third-order valence-electron chi connectivity index (χ3n) is 4.02. The zero-order valence-corrected chi connectivity index (χ0v) is 18.2. The molecular formula is C19H17Cl2N3O5S. The number of anilines is 2. The van der Waals surface area contributed by atoms with Gasteiger partial charge in [-0.15, -0.1) is 0 Å². The molecule has 0 saturated heterocycles. The quantitative estimate of drug-likeness (QED) is 0.475. The predicted octanol–water partition coefficient (Wildman–Crippen LogP) is 4.39. The second-order valence-corrected chi connectivity index (χ2v) is 8.43. The van der Waals surface area contributed by atoms with Gasteiger partial charge in [-0.2, -0.15) is 0 Å². The van der Waals surface area contributed by atoms with Crippen LogP contribution in [0.15, 0.2) is 53.4 Å². The molecule has 30 heavy (non-hydrogen) atoms. The fourth-order valence-corrected chi connectivity index (χ4v) is 4.13. The second-order valence-electron chi connectivity index (χ2n) is 6.00. The molecule has 0 spiro atoms. The fourth-order valence-electron chi connectivity index (χ4n) is 2.56. The Bertz CT molecular complexity index is 1160. The molecule has 0 aliphatic rings. The molecule has 0 aliphatic carbocycles. The summed E-state index contributed by atoms with van der Waals surface area (Å²) in [4.78, 5) is 14.9. The number of hydrogen-bond donors (Lipinski definition) is 3. The van der Waals surface area contributed by atoms with Crippen molar-refractivity contribution in [2.45, 2.75) is 4.90 Å². The van der Waals surface area contributed by atoms with E-state index in [0.717, 1.165) is 0 Å². The van der Waals surface area contributed by atoms with Crippen molar-refractivity contribution in [2.75, 3.05) is 24.3 Å². The zero-order chi connectivity index (χ0) is 21.9. The lowest BCUT2D eigenvalue weighted by atomic mass is 10.3. The molecule has 158 valence electrons. The Morgan fingerprint density at radius 1 is 0.967 bits per heavy atom. The first-order valence-corrected chi connectivity index (χ1v) is 10.7. The summed E-state index contributed by atoms with van der Waals surface area (Å²) in [5.74, 6) is 0.158. The van der Waals surface area contributed by atoms with E-state index in [4.69, 9.17) is 32.7 Å². The Labute approximate surface area is 183 Å². The molecule has 0 aliphatic heterocycles. The summed E-state index contributed by atoms with van der Waals surface area (Å²) in [6, 6.07) is 12.0. The highest BCUT2D eigenvalue weighted by molar-refractivity contribution is 7.92. The molecule has 0 radical (unpaired) electrons. The van der Waals surface area contributed by atoms with E-state index in [9.17, 15) is 13.2 Å². The van der Waals surface area contributed by atoms with E-state index < -0.39 is 15.9 Å². The molecule has 0 unspecified atom stereocenters. The van der Waals surface area contributed by atoms with Crippen LogP contribution in [0.2, 0.25) is 10.2 Å². The van der Waals surface area contributed by atoms with Crippen molar-refractivity contribution < 1.29 is 22.7 Å². The van der Waals surface area contributed by atoms with Gasteiger partial charge in [-0.25, -0.2) is 8.42 Å². The largest absolute Gasteiger partial charge is 0.497 e. The summed E-state index contributed by atoms with van der Waals surface area (Å²) in [5, 5.41) is 2.92. The molecule has 2 aromatic carbocycles. The van der Waals surface area contributed by atoms with Crippen LogP contribution in [0.25, 0.3) is 0 Å². The minimum atomic E-state index is -4.02. The number of carbonyl (C=O) groups is 1. The molecule has 1 aromatic heterocycles. The van der Waals surface area contributed by atoms with Gasteiger partial charge in [0.05, 0.1) is 19.2 Å². The van der Waals surface area contributed by atoms with Crippen molar-refractivity contribution in [3.63, 3.8) is 0 Å². The second kappa shape index (κ2) is 8.86. The van der Waals surface area contributed by atoms with Crippen molar-refractivity contribution in [3.8, 4) is 11.5 Å². The maximum atomic E-state index is 12.9. The molecule has 0 bridgehead atoms. The summed E-state index contributed by atoms with van der Waals surface area (Å²) >= 11 is 11.7. The number of H-pyrrole nitrogens is 1. The Morgan fingerprint density at radius 2 is 1.63 bits per heavy atom. The van der Waals surface area contributed by atoms with E-state index in [2.05, 4.69) is 15.0 Å². The molecule has 11 heteroatoms. The molecule has 1 amide bonds. The van der Waals surface area contributed by atoms with Crippen LogP contribution in [0, 0.1) is 0 Å². The van der Waals surface area contributed by atoms with Crippen molar-refractivity contribution >= 4 is 50.5 Å². The van der Waals surface area contributed by atoms with Crippen LogP contribution in [-0.2, 0) is 10.0 Å². The number of nitrogens with one attached hydrogen (secondary N) is 3. The highest BCUT2D eigenvalue weighted by Crippen LogP contribution is 2.30. The van der Waals surface area contributed by atoms with Gasteiger partial charge in [0.25, 0.3) is 15.9 Å². The third-order valence-corrected chi connectivity index (χ3v) is 6.12. The molecule has 8 nitrogen and oxygen atoms in total. The molecule has 3 aromatic rings. The van der Waals surface area contributed by atoms with E-state index in [1.54, 1.807) is 24.3 Å². The van der Waals surface area contributed by atoms with Crippen molar-refractivity contribution in [1.82, 2.24) is 4.98 Å². The lowest BCUT2D eigenvalue weighted by Gasteiger charge is -2.14. The SMILES string of the molecule is COc1ccc(NS(=O)(=O)c2cc(NC(=O)c3cc(Cl)c(Cl)[nH]3)ccc2OC)cc1. The molecule has 0 atom stereocenters. The van der Waals surface area contributed by atoms with Gasteiger partial charge in [-0.05, 0) is 48.5 Å². The first-order valence-electron chi connectivity index (χ1n) is 8.44. The maximum absolute atomic E-state index is 12.9.